The predicted octanol–water partition coefficient (Wildman–Crippen LogP) is 2.68. The van der Waals surface area contributed by atoms with Crippen LogP contribution in [-0.2, 0) is 9.53 Å². The number of amides is 1. The van der Waals surface area contributed by atoms with Gasteiger partial charge in [0, 0.05) is 12.5 Å². The van der Waals surface area contributed by atoms with Crippen molar-refractivity contribution < 1.29 is 14.3 Å². The molecule has 0 aromatic heterocycles. The van der Waals surface area contributed by atoms with Gasteiger partial charge in [-0.15, -0.1) is 0 Å². The van der Waals surface area contributed by atoms with Gasteiger partial charge in [0.15, 0.2) is 5.78 Å². The summed E-state index contributed by atoms with van der Waals surface area (Å²) in [7, 11) is 0. The summed E-state index contributed by atoms with van der Waals surface area (Å²) in [5.41, 5.74) is -0.479. The molecule has 0 bridgehead atoms. The van der Waals surface area contributed by atoms with Crippen LogP contribution in [0.2, 0.25) is 0 Å². The Morgan fingerprint density at radius 1 is 1.29 bits per heavy atom. The van der Waals surface area contributed by atoms with E-state index in [9.17, 15) is 9.59 Å². The Bertz CT molecular complexity index is 288. The number of ketones is 1. The van der Waals surface area contributed by atoms with Gasteiger partial charge in [-0.3, -0.25) is 4.79 Å². The summed E-state index contributed by atoms with van der Waals surface area (Å²) in [6.07, 6.45) is 3.51. The van der Waals surface area contributed by atoms with Crippen molar-refractivity contribution in [2.24, 2.45) is 5.92 Å². The molecule has 17 heavy (non-hydrogen) atoms. The van der Waals surface area contributed by atoms with E-state index in [1.165, 1.54) is 0 Å². The fourth-order valence-corrected chi connectivity index (χ4v) is 0.964. The lowest BCUT2D eigenvalue weighted by Crippen LogP contribution is -2.32. The van der Waals surface area contributed by atoms with Gasteiger partial charge in [0.05, 0.1) is 0 Å². The van der Waals surface area contributed by atoms with Gasteiger partial charge in [0.2, 0.25) is 0 Å². The van der Waals surface area contributed by atoms with Crippen LogP contribution in [0, 0.1) is 5.92 Å². The number of carbonyl (C=O) groups excluding carboxylic acids is 2. The first-order valence-corrected chi connectivity index (χ1v) is 5.89. The highest BCUT2D eigenvalue weighted by atomic mass is 16.6. The number of allylic oxidation sites excluding steroid dienone is 1. The zero-order chi connectivity index (χ0) is 13.5. The van der Waals surface area contributed by atoms with Crippen LogP contribution in [0.3, 0.4) is 0 Å². The van der Waals surface area contributed by atoms with Crippen molar-refractivity contribution in [2.75, 3.05) is 6.54 Å². The molecule has 4 heteroatoms. The van der Waals surface area contributed by atoms with Crippen LogP contribution in [0.4, 0.5) is 4.79 Å². The van der Waals surface area contributed by atoms with E-state index in [0.29, 0.717) is 13.0 Å². The summed E-state index contributed by atoms with van der Waals surface area (Å²) in [6.45, 7) is 9.61. The van der Waals surface area contributed by atoms with E-state index >= 15 is 0 Å². The molecule has 0 saturated carbocycles. The van der Waals surface area contributed by atoms with E-state index in [1.54, 1.807) is 12.2 Å². The molecular weight excluding hydrogens is 218 g/mol. The summed E-state index contributed by atoms with van der Waals surface area (Å²) >= 11 is 0. The summed E-state index contributed by atoms with van der Waals surface area (Å²) in [5.74, 6) is 0.118. The number of ether oxygens (including phenoxy) is 1. The zero-order valence-electron chi connectivity index (χ0n) is 11.4. The monoisotopic (exact) mass is 241 g/mol. The molecule has 98 valence electrons. The van der Waals surface area contributed by atoms with Crippen LogP contribution in [0.5, 0.6) is 0 Å². The normalized spacial score (nSPS) is 11.9. The van der Waals surface area contributed by atoms with Gasteiger partial charge in [0.1, 0.15) is 5.60 Å². The summed E-state index contributed by atoms with van der Waals surface area (Å²) in [5, 5.41) is 2.62. The number of nitrogens with one attached hydrogen (secondary N) is 1. The Labute approximate surface area is 103 Å². The molecular formula is C13H23NO3. The van der Waals surface area contributed by atoms with Gasteiger partial charge in [-0.05, 0) is 33.3 Å². The highest BCUT2D eigenvalue weighted by Crippen LogP contribution is 2.06. The van der Waals surface area contributed by atoms with Crippen molar-refractivity contribution in [1.82, 2.24) is 5.32 Å². The molecule has 0 aliphatic heterocycles. The summed E-state index contributed by atoms with van der Waals surface area (Å²) < 4.78 is 5.06. The van der Waals surface area contributed by atoms with Crippen molar-refractivity contribution in [3.8, 4) is 0 Å². The fourth-order valence-electron chi connectivity index (χ4n) is 0.964. The standard InChI is InChI=1S/C13H23NO3/c1-10(2)11(15)8-6-7-9-14-12(16)17-13(3,4)5/h6,8,10H,7,9H2,1-5H3,(H,14,16)/b8-6+. The van der Waals surface area contributed by atoms with Gasteiger partial charge in [-0.2, -0.15) is 0 Å². The maximum Gasteiger partial charge on any atom is 0.407 e. The van der Waals surface area contributed by atoms with Crippen molar-refractivity contribution in [2.45, 2.75) is 46.6 Å². The van der Waals surface area contributed by atoms with Crippen LogP contribution >= 0.6 is 0 Å². The molecule has 0 aliphatic rings. The van der Waals surface area contributed by atoms with Gasteiger partial charge in [-0.1, -0.05) is 19.9 Å². The third-order valence-corrected chi connectivity index (χ3v) is 1.83. The Morgan fingerprint density at radius 2 is 1.88 bits per heavy atom. The molecule has 0 fully saturated rings. The highest BCUT2D eigenvalue weighted by molar-refractivity contribution is 5.91. The van der Waals surface area contributed by atoms with E-state index in [2.05, 4.69) is 5.32 Å². The van der Waals surface area contributed by atoms with Crippen LogP contribution < -0.4 is 5.32 Å². The van der Waals surface area contributed by atoms with Crippen molar-refractivity contribution in [3.63, 3.8) is 0 Å². The average molecular weight is 241 g/mol. The first-order valence-electron chi connectivity index (χ1n) is 5.89. The predicted molar refractivity (Wildman–Crippen MR) is 67.8 cm³/mol. The average Bonchev–Trinajstić information content (AvgIpc) is 2.13. The van der Waals surface area contributed by atoms with Crippen molar-refractivity contribution in [3.05, 3.63) is 12.2 Å². The van der Waals surface area contributed by atoms with Crippen molar-refractivity contribution >= 4 is 11.9 Å². The Morgan fingerprint density at radius 3 is 2.35 bits per heavy atom. The maximum absolute atomic E-state index is 11.2. The fraction of sp³-hybridized carbons (Fsp3) is 0.692. The molecule has 1 N–H and O–H groups in total. The third kappa shape index (κ3) is 9.60. The second-order valence-corrected chi connectivity index (χ2v) is 5.18. The van der Waals surface area contributed by atoms with E-state index in [1.807, 2.05) is 34.6 Å². The van der Waals surface area contributed by atoms with E-state index in [-0.39, 0.29) is 11.7 Å². The topological polar surface area (TPSA) is 55.4 Å². The molecule has 1 amide bonds. The highest BCUT2D eigenvalue weighted by Gasteiger charge is 2.15. The largest absolute Gasteiger partial charge is 0.444 e. The molecule has 4 nitrogen and oxygen atoms in total. The second kappa shape index (κ2) is 7.09. The molecule has 0 saturated heterocycles. The SMILES string of the molecule is CC(C)C(=O)/C=C/CCNC(=O)OC(C)(C)C. The third-order valence-electron chi connectivity index (χ3n) is 1.83. The summed E-state index contributed by atoms with van der Waals surface area (Å²) in [6, 6.07) is 0. The number of hydrogen-bond acceptors (Lipinski definition) is 3. The van der Waals surface area contributed by atoms with Gasteiger partial charge in [-0.25, -0.2) is 4.79 Å². The zero-order valence-corrected chi connectivity index (χ0v) is 11.4. The minimum Gasteiger partial charge on any atom is -0.444 e. The molecule has 0 aromatic carbocycles. The van der Waals surface area contributed by atoms with Gasteiger partial charge in [0.25, 0.3) is 0 Å². The second-order valence-electron chi connectivity index (χ2n) is 5.18. The maximum atomic E-state index is 11.2. The molecule has 0 heterocycles. The Balaban J connectivity index is 3.72. The van der Waals surface area contributed by atoms with E-state index < -0.39 is 11.7 Å². The molecule has 0 aromatic rings. The quantitative estimate of drug-likeness (QED) is 0.594. The first kappa shape index (κ1) is 15.7. The summed E-state index contributed by atoms with van der Waals surface area (Å²) in [4.78, 5) is 22.5. The van der Waals surface area contributed by atoms with Crippen LogP contribution in [0.15, 0.2) is 12.2 Å². The minimum absolute atomic E-state index is 0.0186. The van der Waals surface area contributed by atoms with E-state index in [4.69, 9.17) is 4.74 Å². The lowest BCUT2D eigenvalue weighted by atomic mass is 10.1. The Kier molecular flexibility index (Phi) is 6.54. The molecule has 0 atom stereocenters. The molecule has 0 radical (unpaired) electrons. The van der Waals surface area contributed by atoms with E-state index in [0.717, 1.165) is 0 Å². The lowest BCUT2D eigenvalue weighted by Gasteiger charge is -2.19. The minimum atomic E-state index is -0.479. The number of hydrogen-bond donors (Lipinski definition) is 1. The van der Waals surface area contributed by atoms with Crippen LogP contribution in [0.1, 0.15) is 41.0 Å². The molecule has 0 rings (SSSR count). The molecule has 0 aliphatic carbocycles. The van der Waals surface area contributed by atoms with Gasteiger partial charge >= 0.3 is 6.09 Å². The molecule has 0 spiro atoms. The smallest absolute Gasteiger partial charge is 0.407 e. The van der Waals surface area contributed by atoms with Gasteiger partial charge < -0.3 is 10.1 Å². The first-order chi connectivity index (χ1) is 7.72. The lowest BCUT2D eigenvalue weighted by molar-refractivity contribution is -0.117. The van der Waals surface area contributed by atoms with Crippen molar-refractivity contribution in [1.29, 1.82) is 0 Å². The number of carbonyl (C=O) groups is 2. The number of rotatable bonds is 5. The number of alkyl carbamates (subject to hydrolysis) is 1. The van der Waals surface area contributed by atoms with Crippen LogP contribution in [-0.4, -0.2) is 24.0 Å². The molecule has 0 unspecified atom stereocenters. The Hall–Kier alpha value is -1.32. The van der Waals surface area contributed by atoms with Crippen LogP contribution in [0.25, 0.3) is 0 Å².